The number of piperidine rings is 1. The maximum Gasteiger partial charge on any atom is 0.416 e. The van der Waals surface area contributed by atoms with Crippen molar-refractivity contribution in [1.82, 2.24) is 4.98 Å². The summed E-state index contributed by atoms with van der Waals surface area (Å²) >= 11 is 0. The highest BCUT2D eigenvalue weighted by atomic mass is 19.4. The van der Waals surface area contributed by atoms with E-state index in [-0.39, 0.29) is 5.82 Å². The Labute approximate surface area is 108 Å². The van der Waals surface area contributed by atoms with Crippen LogP contribution in [0.1, 0.15) is 24.8 Å². The van der Waals surface area contributed by atoms with Gasteiger partial charge in [-0.05, 0) is 37.3 Å². The van der Waals surface area contributed by atoms with Gasteiger partial charge < -0.3 is 10.3 Å². The number of hydrogen-bond donors (Lipinski definition) is 2. The normalized spacial score (nSPS) is 26.0. The third-order valence-corrected chi connectivity index (χ3v) is 3.99. The molecule has 19 heavy (non-hydrogen) atoms. The molecule has 0 aromatic carbocycles. The molecule has 2 fully saturated rings. The molecule has 1 aliphatic carbocycles. The van der Waals surface area contributed by atoms with E-state index in [0.29, 0.717) is 17.8 Å². The third-order valence-electron chi connectivity index (χ3n) is 3.99. The molecule has 2 atom stereocenters. The van der Waals surface area contributed by atoms with Crippen LogP contribution in [0.15, 0.2) is 12.1 Å². The summed E-state index contributed by atoms with van der Waals surface area (Å²) in [5.74, 6) is 6.22. The van der Waals surface area contributed by atoms with Crippen molar-refractivity contribution in [3.63, 3.8) is 0 Å². The summed E-state index contributed by atoms with van der Waals surface area (Å²) in [6.07, 6.45) is -1.12. The van der Waals surface area contributed by atoms with E-state index in [2.05, 4.69) is 10.4 Å². The largest absolute Gasteiger partial charge is 0.416 e. The number of nitrogens with one attached hydrogen (secondary N) is 1. The number of hydrazine groups is 1. The lowest BCUT2D eigenvalue weighted by Gasteiger charge is -2.28. The van der Waals surface area contributed by atoms with Gasteiger partial charge in [0, 0.05) is 12.6 Å². The van der Waals surface area contributed by atoms with Crippen LogP contribution in [0.25, 0.3) is 0 Å². The fourth-order valence-electron chi connectivity index (χ4n) is 3.11. The van der Waals surface area contributed by atoms with Gasteiger partial charge in [0.2, 0.25) is 0 Å². The highest BCUT2D eigenvalue weighted by molar-refractivity contribution is 5.52. The van der Waals surface area contributed by atoms with Crippen LogP contribution in [-0.2, 0) is 6.18 Å². The minimum atomic E-state index is -4.39. The molecule has 0 amide bonds. The zero-order chi connectivity index (χ0) is 13.6. The number of pyridine rings is 1. The number of nitrogens with zero attached hydrogens (tertiary/aromatic N) is 2. The molecule has 2 bridgehead atoms. The Bertz CT molecular complexity index is 488. The smallest absolute Gasteiger partial charge is 0.353 e. The minimum Gasteiger partial charge on any atom is -0.353 e. The molecule has 2 heterocycles. The van der Waals surface area contributed by atoms with E-state index < -0.39 is 11.7 Å². The van der Waals surface area contributed by atoms with E-state index in [4.69, 9.17) is 5.84 Å². The molecular weight excluding hydrogens is 257 g/mol. The molecular formula is C12H15F3N4. The van der Waals surface area contributed by atoms with E-state index in [1.807, 2.05) is 4.90 Å². The average molecular weight is 272 g/mol. The first kappa shape index (κ1) is 12.5. The van der Waals surface area contributed by atoms with Crippen LogP contribution in [0.5, 0.6) is 0 Å². The monoisotopic (exact) mass is 272 g/mol. The SMILES string of the molecule is NNc1cc(C(F)(F)F)cc(N2CC3CCC2C3)n1. The number of nitrogen functional groups attached to an aromatic ring is 1. The maximum atomic E-state index is 12.8. The third kappa shape index (κ3) is 2.22. The van der Waals surface area contributed by atoms with Gasteiger partial charge in [-0.25, -0.2) is 10.8 Å². The van der Waals surface area contributed by atoms with Gasteiger partial charge >= 0.3 is 6.18 Å². The van der Waals surface area contributed by atoms with Gasteiger partial charge in [-0.2, -0.15) is 13.2 Å². The number of hydrogen-bond acceptors (Lipinski definition) is 4. The van der Waals surface area contributed by atoms with E-state index in [9.17, 15) is 13.2 Å². The van der Waals surface area contributed by atoms with Crippen LogP contribution >= 0.6 is 0 Å². The molecule has 7 heteroatoms. The maximum absolute atomic E-state index is 12.8. The first-order valence-corrected chi connectivity index (χ1v) is 6.30. The Morgan fingerprint density at radius 1 is 1.32 bits per heavy atom. The Morgan fingerprint density at radius 3 is 2.63 bits per heavy atom. The summed E-state index contributed by atoms with van der Waals surface area (Å²) in [6, 6.07) is 2.37. The fraction of sp³-hybridized carbons (Fsp3) is 0.583. The zero-order valence-electron chi connectivity index (χ0n) is 10.2. The van der Waals surface area contributed by atoms with Crippen LogP contribution in [0.4, 0.5) is 24.8 Å². The molecule has 3 rings (SSSR count). The summed E-state index contributed by atoms with van der Waals surface area (Å²) < 4.78 is 38.5. The Morgan fingerprint density at radius 2 is 2.11 bits per heavy atom. The first-order chi connectivity index (χ1) is 8.97. The van der Waals surface area contributed by atoms with Crippen LogP contribution in [-0.4, -0.2) is 17.6 Å². The number of alkyl halides is 3. The molecule has 4 nitrogen and oxygen atoms in total. The quantitative estimate of drug-likeness (QED) is 0.641. The average Bonchev–Trinajstić information content (AvgIpc) is 2.99. The van der Waals surface area contributed by atoms with Crippen LogP contribution in [0.2, 0.25) is 0 Å². The molecule has 1 aliphatic heterocycles. The minimum absolute atomic E-state index is 0.0487. The molecule has 0 spiro atoms. The molecule has 1 saturated heterocycles. The molecule has 2 unspecified atom stereocenters. The number of nitrogens with two attached hydrogens (primary N) is 1. The topological polar surface area (TPSA) is 54.2 Å². The zero-order valence-corrected chi connectivity index (χ0v) is 10.2. The van der Waals surface area contributed by atoms with Gasteiger partial charge in [-0.1, -0.05) is 0 Å². The van der Waals surface area contributed by atoms with E-state index >= 15 is 0 Å². The second-order valence-electron chi connectivity index (χ2n) is 5.23. The number of rotatable bonds is 2. The van der Waals surface area contributed by atoms with Gasteiger partial charge in [0.15, 0.2) is 0 Å². The fourth-order valence-corrected chi connectivity index (χ4v) is 3.11. The molecule has 3 N–H and O–H groups in total. The summed E-state index contributed by atoms with van der Waals surface area (Å²) in [5.41, 5.74) is 1.49. The summed E-state index contributed by atoms with van der Waals surface area (Å²) in [5, 5.41) is 0. The van der Waals surface area contributed by atoms with Crippen molar-refractivity contribution in [2.24, 2.45) is 11.8 Å². The second-order valence-corrected chi connectivity index (χ2v) is 5.23. The Balaban J connectivity index is 1.97. The lowest BCUT2D eigenvalue weighted by atomic mass is 10.1. The predicted molar refractivity (Wildman–Crippen MR) is 65.5 cm³/mol. The van der Waals surface area contributed by atoms with Gasteiger partial charge in [0.05, 0.1) is 5.56 Å². The Hall–Kier alpha value is -1.50. The summed E-state index contributed by atoms with van der Waals surface area (Å²) in [7, 11) is 0. The molecule has 0 radical (unpaired) electrons. The van der Waals surface area contributed by atoms with Gasteiger partial charge in [-0.15, -0.1) is 0 Å². The lowest BCUT2D eigenvalue weighted by Crippen LogP contribution is -2.33. The van der Waals surface area contributed by atoms with Crippen LogP contribution in [0.3, 0.4) is 0 Å². The lowest BCUT2D eigenvalue weighted by molar-refractivity contribution is -0.137. The number of aromatic nitrogens is 1. The van der Waals surface area contributed by atoms with Crippen molar-refractivity contribution in [3.05, 3.63) is 17.7 Å². The van der Waals surface area contributed by atoms with Crippen molar-refractivity contribution >= 4 is 11.6 Å². The van der Waals surface area contributed by atoms with E-state index in [1.165, 1.54) is 6.42 Å². The molecule has 2 aliphatic rings. The molecule has 1 saturated carbocycles. The summed E-state index contributed by atoms with van der Waals surface area (Å²) in [6.45, 7) is 0.795. The number of anilines is 2. The first-order valence-electron chi connectivity index (χ1n) is 6.30. The van der Waals surface area contributed by atoms with Crippen molar-refractivity contribution < 1.29 is 13.2 Å². The second kappa shape index (κ2) is 4.26. The van der Waals surface area contributed by atoms with Gasteiger partial charge in [0.1, 0.15) is 11.6 Å². The van der Waals surface area contributed by atoms with Crippen molar-refractivity contribution in [1.29, 1.82) is 0 Å². The van der Waals surface area contributed by atoms with Crippen molar-refractivity contribution in [3.8, 4) is 0 Å². The number of fused-ring (bicyclic) bond motifs is 2. The molecule has 104 valence electrons. The highest BCUT2D eigenvalue weighted by Crippen LogP contribution is 2.41. The molecule has 1 aromatic heterocycles. The van der Waals surface area contributed by atoms with Crippen molar-refractivity contribution in [2.75, 3.05) is 16.9 Å². The van der Waals surface area contributed by atoms with Gasteiger partial charge in [0.25, 0.3) is 0 Å². The van der Waals surface area contributed by atoms with E-state index in [0.717, 1.165) is 31.5 Å². The summed E-state index contributed by atoms with van der Waals surface area (Å²) in [4.78, 5) is 6.13. The van der Waals surface area contributed by atoms with E-state index in [1.54, 1.807) is 0 Å². The van der Waals surface area contributed by atoms with Gasteiger partial charge in [-0.3, -0.25) is 0 Å². The standard InChI is InChI=1S/C12H15F3N4/c13-12(14,15)8-4-10(18-16)17-11(5-8)19-6-7-1-2-9(19)3-7/h4-5,7,9H,1-3,6,16H2,(H,17,18). The van der Waals surface area contributed by atoms with Crippen LogP contribution < -0.4 is 16.2 Å². The van der Waals surface area contributed by atoms with Crippen LogP contribution in [0, 0.1) is 5.92 Å². The van der Waals surface area contributed by atoms with Crippen molar-refractivity contribution in [2.45, 2.75) is 31.5 Å². The molecule has 1 aromatic rings. The number of halogens is 3. The highest BCUT2D eigenvalue weighted by Gasteiger charge is 2.39. The Kier molecular flexibility index (Phi) is 2.81. The predicted octanol–water partition coefficient (Wildman–Crippen LogP) is 2.37.